The van der Waals surface area contributed by atoms with E-state index in [0.29, 0.717) is 23.7 Å². The molecule has 10 atom stereocenters. The van der Waals surface area contributed by atoms with Gasteiger partial charge in [0.05, 0.1) is 37.2 Å². The van der Waals surface area contributed by atoms with Crippen LogP contribution >= 0.6 is 0 Å². The Hall–Kier alpha value is -4.20. The van der Waals surface area contributed by atoms with Crippen molar-refractivity contribution in [2.75, 3.05) is 26.2 Å². The highest BCUT2D eigenvalue weighted by atomic mass is 16.3. The van der Waals surface area contributed by atoms with Gasteiger partial charge in [-0.05, 0) is 83.0 Å². The van der Waals surface area contributed by atoms with E-state index in [1.807, 2.05) is 24.5 Å². The van der Waals surface area contributed by atoms with Crippen LogP contribution in [0.5, 0.6) is 0 Å². The summed E-state index contributed by atoms with van der Waals surface area (Å²) in [4.78, 5) is 9.23. The molecule has 8 heterocycles. The Kier molecular flexibility index (Phi) is 9.25. The number of fused-ring (bicyclic) bond motifs is 9. The minimum Gasteiger partial charge on any atom is -0.382 e. The normalized spacial score (nSPS) is 30.9. The second-order valence-electron chi connectivity index (χ2n) is 18.3. The Bertz CT molecular complexity index is 2220. The van der Waals surface area contributed by atoms with Gasteiger partial charge in [0, 0.05) is 71.8 Å². The molecule has 6 aliphatic rings. The lowest BCUT2D eigenvalue weighted by atomic mass is 9.70. The van der Waals surface area contributed by atoms with Crippen LogP contribution in [0.4, 0.5) is 0 Å². The molecule has 0 spiro atoms. The minimum absolute atomic E-state index is 0.170. The maximum atomic E-state index is 12.3. The van der Waals surface area contributed by atoms with E-state index in [-0.39, 0.29) is 12.1 Å². The summed E-state index contributed by atoms with van der Waals surface area (Å²) in [6.45, 7) is 11.2. The quantitative estimate of drug-likeness (QED) is 0.137. The van der Waals surface area contributed by atoms with Crippen LogP contribution in [0.1, 0.15) is 86.8 Å². The van der Waals surface area contributed by atoms with Crippen LogP contribution in [-0.4, -0.2) is 67.4 Å². The summed E-state index contributed by atoms with van der Waals surface area (Å²) >= 11 is 0. The molecule has 56 heavy (non-hydrogen) atoms. The van der Waals surface area contributed by atoms with Gasteiger partial charge in [-0.1, -0.05) is 74.5 Å². The predicted octanol–water partition coefficient (Wildman–Crippen LogP) is 9.67. The predicted molar refractivity (Wildman–Crippen MR) is 225 cm³/mol. The Balaban J connectivity index is 0.942. The highest BCUT2D eigenvalue weighted by Crippen LogP contribution is 2.50. The van der Waals surface area contributed by atoms with Crippen molar-refractivity contribution >= 4 is 32.6 Å². The van der Waals surface area contributed by atoms with Crippen LogP contribution in [0.15, 0.2) is 109 Å². The molecule has 0 radical (unpaired) electrons. The van der Waals surface area contributed by atoms with E-state index in [0.717, 1.165) is 94.0 Å². The summed E-state index contributed by atoms with van der Waals surface area (Å²) in [6.07, 6.45) is 9.80. The zero-order valence-electron chi connectivity index (χ0n) is 33.2. The van der Waals surface area contributed by atoms with Crippen molar-refractivity contribution in [3.05, 3.63) is 132 Å². The molecule has 6 nitrogen and oxygen atoms in total. The number of piperidine rings is 6. The molecule has 0 amide bonds. The number of nitrogens with zero attached hydrogens (tertiary/aromatic N) is 4. The van der Waals surface area contributed by atoms with Crippen molar-refractivity contribution in [3.8, 4) is 0 Å². The molecule has 6 saturated heterocycles. The molecular weight excluding hydrogens is 689 g/mol. The molecular formula is C50H58N4O2+2. The summed E-state index contributed by atoms with van der Waals surface area (Å²) in [5.74, 6) is 2.81. The standard InChI is InChI=1S/C50H58N4O2/c1-3-35-31-53(23-19-39(35)27-47(53)49(55)43-17-21-51-45-11-7-5-9-41(43)45)29-33-13-15-38-26-34(14-16-37(38)25-33)30-54-24-20-40(36(4-2)32-54)28-48(54)50(56)44-18-22-52-46-12-8-6-10-42(44)46/h5-18,21-22,25-26,35-36,39-40,47-50,55-56H,3-4,19-20,23-24,27-32H2,1-2H3/q+2/t35-,36-,39-,40-,47-,48-,49+,50+,53+,54+/m0/s1. The molecule has 0 saturated carbocycles. The van der Waals surface area contributed by atoms with E-state index < -0.39 is 12.2 Å². The van der Waals surface area contributed by atoms with E-state index in [1.165, 1.54) is 47.6 Å². The number of aliphatic hydroxyl groups is 2. The average Bonchev–Trinajstić information content (AvgIpc) is 3.25. The Labute approximate surface area is 332 Å². The maximum Gasteiger partial charge on any atom is 0.131 e. The lowest BCUT2D eigenvalue weighted by molar-refractivity contribution is -0.985. The molecule has 2 N–H and O–H groups in total. The molecule has 6 fully saturated rings. The summed E-state index contributed by atoms with van der Waals surface area (Å²) in [6, 6.07) is 35.4. The van der Waals surface area contributed by atoms with E-state index in [4.69, 9.17) is 0 Å². The van der Waals surface area contributed by atoms with Crippen molar-refractivity contribution in [3.63, 3.8) is 0 Å². The molecule has 6 aliphatic heterocycles. The lowest BCUT2D eigenvalue weighted by Gasteiger charge is -2.58. The minimum atomic E-state index is -0.522. The van der Waals surface area contributed by atoms with Gasteiger partial charge in [0.15, 0.2) is 0 Å². The van der Waals surface area contributed by atoms with Crippen LogP contribution in [0.3, 0.4) is 0 Å². The first-order valence-corrected chi connectivity index (χ1v) is 21.6. The van der Waals surface area contributed by atoms with Gasteiger partial charge in [0.1, 0.15) is 37.4 Å². The van der Waals surface area contributed by atoms with E-state index in [1.54, 1.807) is 0 Å². The third-order valence-corrected chi connectivity index (χ3v) is 15.7. The Morgan fingerprint density at radius 1 is 0.589 bits per heavy atom. The third kappa shape index (κ3) is 6.07. The zero-order chi connectivity index (χ0) is 38.0. The Morgan fingerprint density at radius 2 is 1.04 bits per heavy atom. The maximum absolute atomic E-state index is 12.3. The van der Waals surface area contributed by atoms with Gasteiger partial charge >= 0.3 is 0 Å². The molecule has 2 aromatic heterocycles. The smallest absolute Gasteiger partial charge is 0.131 e. The van der Waals surface area contributed by atoms with Crippen molar-refractivity contribution in [2.24, 2.45) is 23.7 Å². The topological polar surface area (TPSA) is 66.2 Å². The lowest BCUT2D eigenvalue weighted by Crippen LogP contribution is -2.67. The van der Waals surface area contributed by atoms with Gasteiger partial charge in [0.2, 0.25) is 0 Å². The number of hydrogen-bond acceptors (Lipinski definition) is 4. The highest BCUT2D eigenvalue weighted by Gasteiger charge is 2.55. The van der Waals surface area contributed by atoms with Crippen molar-refractivity contribution in [1.82, 2.24) is 9.97 Å². The molecule has 6 aromatic rings. The van der Waals surface area contributed by atoms with Crippen molar-refractivity contribution in [2.45, 2.75) is 89.8 Å². The van der Waals surface area contributed by atoms with Crippen LogP contribution in [0.2, 0.25) is 0 Å². The third-order valence-electron chi connectivity index (χ3n) is 15.7. The molecule has 0 aliphatic carbocycles. The zero-order valence-corrected chi connectivity index (χ0v) is 33.2. The molecule has 6 heteroatoms. The molecule has 12 rings (SSSR count). The average molecular weight is 747 g/mol. The van der Waals surface area contributed by atoms with Crippen molar-refractivity contribution < 1.29 is 19.2 Å². The van der Waals surface area contributed by atoms with Crippen LogP contribution in [0.25, 0.3) is 32.6 Å². The number of para-hydroxylation sites is 2. The van der Waals surface area contributed by atoms with Crippen molar-refractivity contribution in [1.29, 1.82) is 0 Å². The largest absolute Gasteiger partial charge is 0.382 e. The fourth-order valence-corrected chi connectivity index (χ4v) is 12.8. The summed E-state index contributed by atoms with van der Waals surface area (Å²) in [5.41, 5.74) is 6.72. The number of aromatic nitrogens is 2. The van der Waals surface area contributed by atoms with Crippen LogP contribution in [0, 0.1) is 23.7 Å². The summed E-state index contributed by atoms with van der Waals surface area (Å²) < 4.78 is 1.93. The fourth-order valence-electron chi connectivity index (χ4n) is 12.8. The molecule has 4 bridgehead atoms. The monoisotopic (exact) mass is 746 g/mol. The van der Waals surface area contributed by atoms with Gasteiger partial charge in [-0.25, -0.2) is 0 Å². The van der Waals surface area contributed by atoms with E-state index >= 15 is 0 Å². The first-order valence-electron chi connectivity index (χ1n) is 21.6. The highest BCUT2D eigenvalue weighted by molar-refractivity contribution is 5.84. The van der Waals surface area contributed by atoms with E-state index in [9.17, 15) is 10.2 Å². The number of benzene rings is 4. The van der Waals surface area contributed by atoms with Gasteiger partial charge in [-0.15, -0.1) is 0 Å². The van der Waals surface area contributed by atoms with E-state index in [2.05, 4.69) is 109 Å². The number of hydrogen-bond donors (Lipinski definition) is 2. The summed E-state index contributed by atoms with van der Waals surface area (Å²) in [7, 11) is 0. The van der Waals surface area contributed by atoms with Crippen LogP contribution < -0.4 is 0 Å². The summed E-state index contributed by atoms with van der Waals surface area (Å²) in [5, 5.41) is 29.3. The van der Waals surface area contributed by atoms with Gasteiger partial charge < -0.3 is 19.2 Å². The van der Waals surface area contributed by atoms with Gasteiger partial charge in [-0.3, -0.25) is 9.97 Å². The van der Waals surface area contributed by atoms with Gasteiger partial charge in [-0.2, -0.15) is 0 Å². The number of rotatable bonds is 10. The number of pyridine rings is 2. The number of quaternary nitrogens is 2. The number of aliphatic hydroxyl groups excluding tert-OH is 2. The molecule has 288 valence electrons. The first-order chi connectivity index (χ1) is 27.4. The molecule has 4 aromatic carbocycles. The Morgan fingerprint density at radius 3 is 1.48 bits per heavy atom. The fraction of sp³-hybridized carbons (Fsp3) is 0.440. The second-order valence-corrected chi connectivity index (χ2v) is 18.3. The first kappa shape index (κ1) is 36.2. The SMILES string of the molecule is CC[C@H]1C[N@+]2(Cc3ccc4cc(C[N@@+]56CC[C@@H](C[C@H]5[C@H](O)c5ccnc7ccccc57)[C@@H](CC)C6)ccc4c3)CC[C@H]1C[C@H]2[C@H](O)c1ccnc2ccccc12. The second kappa shape index (κ2) is 14.3. The van der Waals surface area contributed by atoms with Crippen LogP contribution in [-0.2, 0) is 13.1 Å². The molecule has 0 unspecified atom stereocenters. The van der Waals surface area contributed by atoms with Gasteiger partial charge in [0.25, 0.3) is 0 Å².